The molecule has 25 heavy (non-hydrogen) atoms. The van der Waals surface area contributed by atoms with Crippen molar-refractivity contribution in [1.29, 1.82) is 5.26 Å². The van der Waals surface area contributed by atoms with E-state index in [0.29, 0.717) is 17.8 Å². The summed E-state index contributed by atoms with van der Waals surface area (Å²) in [6.07, 6.45) is 1.55. The predicted octanol–water partition coefficient (Wildman–Crippen LogP) is 1.90. The number of nitriles is 1. The van der Waals surface area contributed by atoms with Crippen LogP contribution in [0.1, 0.15) is 11.4 Å². The summed E-state index contributed by atoms with van der Waals surface area (Å²) in [7, 11) is 0. The van der Waals surface area contributed by atoms with Crippen LogP contribution in [0.15, 0.2) is 65.6 Å². The molecule has 4 aromatic rings. The van der Waals surface area contributed by atoms with Crippen molar-refractivity contribution < 1.29 is 0 Å². The number of para-hydroxylation sites is 2. The van der Waals surface area contributed by atoms with Gasteiger partial charge in [0.05, 0.1) is 17.7 Å². The van der Waals surface area contributed by atoms with Crippen LogP contribution >= 0.6 is 0 Å². The molecule has 0 radical (unpaired) electrons. The highest BCUT2D eigenvalue weighted by Gasteiger charge is 2.13. The number of hydrogen-bond acceptors (Lipinski definition) is 5. The molecule has 2 heterocycles. The van der Waals surface area contributed by atoms with Gasteiger partial charge in [0.2, 0.25) is 5.43 Å². The van der Waals surface area contributed by atoms with E-state index in [1.54, 1.807) is 23.0 Å². The molecular weight excluding hydrogens is 316 g/mol. The zero-order valence-electron chi connectivity index (χ0n) is 13.1. The van der Waals surface area contributed by atoms with Crippen LogP contribution in [0.2, 0.25) is 0 Å². The molecule has 0 spiro atoms. The number of nitrogens with zero attached hydrogens (tertiary/aromatic N) is 6. The van der Waals surface area contributed by atoms with Crippen molar-refractivity contribution in [3.63, 3.8) is 0 Å². The molecular formula is C18H12N6O. The number of fused-ring (bicyclic) bond motifs is 1. The van der Waals surface area contributed by atoms with Crippen molar-refractivity contribution in [2.75, 3.05) is 0 Å². The maximum absolute atomic E-state index is 12.3. The molecule has 0 atom stereocenters. The number of benzene rings is 2. The second-order valence-corrected chi connectivity index (χ2v) is 5.47. The monoisotopic (exact) mass is 328 g/mol. The van der Waals surface area contributed by atoms with Gasteiger partial charge in [-0.3, -0.25) is 4.79 Å². The van der Waals surface area contributed by atoms with Crippen molar-refractivity contribution in [2.45, 2.75) is 6.54 Å². The van der Waals surface area contributed by atoms with E-state index >= 15 is 0 Å². The number of tetrazole rings is 1. The van der Waals surface area contributed by atoms with E-state index in [1.807, 2.05) is 53.1 Å². The molecule has 4 rings (SSSR count). The molecule has 0 amide bonds. The van der Waals surface area contributed by atoms with E-state index in [-0.39, 0.29) is 11.0 Å². The van der Waals surface area contributed by atoms with Gasteiger partial charge in [-0.2, -0.15) is 9.94 Å². The molecule has 7 heteroatoms. The SMILES string of the molecule is N#Cc1cn(Cc2nnnn2-c2ccccc2)c2ccccc2c1=O. The first kappa shape index (κ1) is 14.8. The summed E-state index contributed by atoms with van der Waals surface area (Å²) in [6.45, 7) is 0.331. The third-order valence-corrected chi connectivity index (χ3v) is 3.95. The van der Waals surface area contributed by atoms with Crippen molar-refractivity contribution in [3.8, 4) is 11.8 Å². The Bertz CT molecular complexity index is 1150. The Morgan fingerprint density at radius 1 is 1.04 bits per heavy atom. The summed E-state index contributed by atoms with van der Waals surface area (Å²) in [4.78, 5) is 12.3. The molecule has 0 aliphatic heterocycles. The Morgan fingerprint density at radius 3 is 2.60 bits per heavy atom. The summed E-state index contributed by atoms with van der Waals surface area (Å²) < 4.78 is 3.46. The smallest absolute Gasteiger partial charge is 0.207 e. The van der Waals surface area contributed by atoms with Gasteiger partial charge in [-0.1, -0.05) is 30.3 Å². The van der Waals surface area contributed by atoms with Gasteiger partial charge in [-0.25, -0.2) is 0 Å². The van der Waals surface area contributed by atoms with E-state index in [1.165, 1.54) is 0 Å². The lowest BCUT2D eigenvalue weighted by atomic mass is 10.1. The van der Waals surface area contributed by atoms with Gasteiger partial charge in [-0.05, 0) is 34.7 Å². The Kier molecular flexibility index (Phi) is 3.56. The van der Waals surface area contributed by atoms with E-state index in [2.05, 4.69) is 15.5 Å². The quantitative estimate of drug-likeness (QED) is 0.573. The largest absolute Gasteiger partial charge is 0.338 e. The summed E-state index contributed by atoms with van der Waals surface area (Å²) in [5.74, 6) is 0.601. The summed E-state index contributed by atoms with van der Waals surface area (Å²) in [5, 5.41) is 21.6. The first-order chi connectivity index (χ1) is 12.3. The fraction of sp³-hybridized carbons (Fsp3) is 0.0556. The molecule has 2 aromatic carbocycles. The van der Waals surface area contributed by atoms with E-state index in [9.17, 15) is 10.1 Å². The topological polar surface area (TPSA) is 89.4 Å². The lowest BCUT2D eigenvalue weighted by molar-refractivity contribution is 0.711. The molecule has 0 aliphatic carbocycles. The predicted molar refractivity (Wildman–Crippen MR) is 91.2 cm³/mol. The molecule has 0 fully saturated rings. The Hall–Kier alpha value is -3.79. The van der Waals surface area contributed by atoms with Crippen molar-refractivity contribution in [3.05, 3.63) is 82.4 Å². The lowest BCUT2D eigenvalue weighted by Crippen LogP contribution is -2.15. The van der Waals surface area contributed by atoms with Gasteiger partial charge in [0.15, 0.2) is 5.82 Å². The van der Waals surface area contributed by atoms with E-state index in [4.69, 9.17) is 0 Å². The molecule has 0 unspecified atom stereocenters. The van der Waals surface area contributed by atoms with Crippen LogP contribution in [-0.2, 0) is 6.54 Å². The van der Waals surface area contributed by atoms with Gasteiger partial charge >= 0.3 is 0 Å². The van der Waals surface area contributed by atoms with Gasteiger partial charge < -0.3 is 4.57 Å². The second kappa shape index (κ2) is 6.02. The van der Waals surface area contributed by atoms with Gasteiger partial charge in [-0.15, -0.1) is 5.10 Å². The van der Waals surface area contributed by atoms with Crippen LogP contribution in [0.4, 0.5) is 0 Å². The number of hydrogen-bond donors (Lipinski definition) is 0. The van der Waals surface area contributed by atoms with Crippen LogP contribution in [0.3, 0.4) is 0 Å². The molecule has 2 aromatic heterocycles. The number of pyridine rings is 1. The van der Waals surface area contributed by atoms with Crippen LogP contribution in [-0.4, -0.2) is 24.8 Å². The summed E-state index contributed by atoms with van der Waals surface area (Å²) in [6, 6.07) is 18.7. The molecule has 0 saturated heterocycles. The number of rotatable bonds is 3. The highest BCUT2D eigenvalue weighted by molar-refractivity contribution is 5.80. The summed E-state index contributed by atoms with van der Waals surface area (Å²) in [5.41, 5.74) is 1.40. The maximum Gasteiger partial charge on any atom is 0.207 e. The standard InChI is InChI=1S/C18H12N6O/c19-10-13-11-23(16-9-5-4-8-15(16)18(13)25)12-17-20-21-22-24(17)14-6-2-1-3-7-14/h1-9,11H,12H2. The van der Waals surface area contributed by atoms with Crippen LogP contribution in [0.25, 0.3) is 16.6 Å². The van der Waals surface area contributed by atoms with Crippen molar-refractivity contribution in [2.24, 2.45) is 0 Å². The van der Waals surface area contributed by atoms with E-state index in [0.717, 1.165) is 11.2 Å². The number of aromatic nitrogens is 5. The molecule has 0 saturated carbocycles. The van der Waals surface area contributed by atoms with Crippen LogP contribution in [0.5, 0.6) is 0 Å². The minimum Gasteiger partial charge on any atom is -0.338 e. The molecule has 0 bridgehead atoms. The highest BCUT2D eigenvalue weighted by atomic mass is 16.1. The molecule has 7 nitrogen and oxygen atoms in total. The minimum atomic E-state index is -0.267. The average molecular weight is 328 g/mol. The zero-order chi connectivity index (χ0) is 17.2. The highest BCUT2D eigenvalue weighted by Crippen LogP contribution is 2.14. The molecule has 0 aliphatic rings. The van der Waals surface area contributed by atoms with Crippen LogP contribution < -0.4 is 5.43 Å². The molecule has 0 N–H and O–H groups in total. The first-order valence-electron chi connectivity index (χ1n) is 7.63. The fourth-order valence-corrected chi connectivity index (χ4v) is 2.78. The van der Waals surface area contributed by atoms with Gasteiger partial charge in [0.25, 0.3) is 0 Å². The van der Waals surface area contributed by atoms with Crippen LogP contribution in [0, 0.1) is 11.3 Å². The average Bonchev–Trinajstić information content (AvgIpc) is 3.13. The minimum absolute atomic E-state index is 0.0948. The first-order valence-corrected chi connectivity index (χ1v) is 7.63. The Morgan fingerprint density at radius 2 is 1.80 bits per heavy atom. The maximum atomic E-state index is 12.3. The zero-order valence-corrected chi connectivity index (χ0v) is 13.1. The molecule has 120 valence electrons. The van der Waals surface area contributed by atoms with Gasteiger partial charge in [0.1, 0.15) is 11.6 Å². The second-order valence-electron chi connectivity index (χ2n) is 5.47. The third kappa shape index (κ3) is 2.56. The lowest BCUT2D eigenvalue weighted by Gasteiger charge is -2.11. The Labute approximate surface area is 142 Å². The third-order valence-electron chi connectivity index (χ3n) is 3.95. The summed E-state index contributed by atoms with van der Waals surface area (Å²) >= 11 is 0. The normalized spacial score (nSPS) is 10.7. The fourth-order valence-electron chi connectivity index (χ4n) is 2.78. The van der Waals surface area contributed by atoms with Crippen molar-refractivity contribution >= 4 is 10.9 Å². The van der Waals surface area contributed by atoms with E-state index < -0.39 is 0 Å². The Balaban J connectivity index is 1.86. The van der Waals surface area contributed by atoms with Gasteiger partial charge in [0, 0.05) is 11.6 Å². The van der Waals surface area contributed by atoms with Crippen molar-refractivity contribution in [1.82, 2.24) is 24.8 Å².